The van der Waals surface area contributed by atoms with Crippen LogP contribution in [-0.4, -0.2) is 60.9 Å². The normalized spacial score (nSPS) is 20.1. The molecule has 0 bridgehead atoms. The van der Waals surface area contributed by atoms with E-state index in [1.54, 1.807) is 22.5 Å². The molecule has 2 aliphatic rings. The van der Waals surface area contributed by atoms with Gasteiger partial charge in [-0.1, -0.05) is 56.3 Å². The highest BCUT2D eigenvalue weighted by molar-refractivity contribution is 7.89. The summed E-state index contributed by atoms with van der Waals surface area (Å²) >= 11 is 6.29. The Balaban J connectivity index is 0.00000385. The minimum Gasteiger partial charge on any atom is -0.295 e. The Hall–Kier alpha value is -0.730. The molecule has 0 unspecified atom stereocenters. The Morgan fingerprint density at radius 1 is 1.09 bits per heavy atom. The number of Topliss-reactive ketones (excluding diaryl/α,β-unsaturated/α-hetero) is 1. The average Bonchev–Trinajstić information content (AvgIpc) is 3.04. The summed E-state index contributed by atoms with van der Waals surface area (Å²) < 4.78 is 39.8. The van der Waals surface area contributed by atoms with Crippen LogP contribution in [0.4, 0.5) is 4.39 Å². The zero-order valence-electron chi connectivity index (χ0n) is 19.5. The Labute approximate surface area is 209 Å². The van der Waals surface area contributed by atoms with Gasteiger partial charge >= 0.3 is 0 Å². The van der Waals surface area contributed by atoms with Crippen molar-refractivity contribution in [2.45, 2.75) is 76.9 Å². The van der Waals surface area contributed by atoms with Gasteiger partial charge in [-0.2, -0.15) is 4.31 Å². The van der Waals surface area contributed by atoms with Crippen molar-refractivity contribution in [3.05, 3.63) is 34.3 Å². The van der Waals surface area contributed by atoms with Gasteiger partial charge in [0.15, 0.2) is 5.78 Å². The largest absolute Gasteiger partial charge is 0.295 e. The number of rotatable bonds is 9. The van der Waals surface area contributed by atoms with E-state index >= 15 is 0 Å². The highest BCUT2D eigenvalue weighted by Crippen LogP contribution is 2.38. The van der Waals surface area contributed by atoms with Gasteiger partial charge < -0.3 is 0 Å². The summed E-state index contributed by atoms with van der Waals surface area (Å²) in [7, 11) is -3.18. The van der Waals surface area contributed by atoms with Gasteiger partial charge in [0.25, 0.3) is 0 Å². The molecule has 1 aromatic rings. The minimum absolute atomic E-state index is 0. The summed E-state index contributed by atoms with van der Waals surface area (Å²) in [5, 5.41) is 0.227. The molecule has 5 nitrogen and oxygen atoms in total. The highest BCUT2D eigenvalue weighted by Gasteiger charge is 2.40. The zero-order chi connectivity index (χ0) is 23.2. The molecule has 0 amide bonds. The topological polar surface area (TPSA) is 57.7 Å². The number of piperazine rings is 1. The molecule has 0 atom stereocenters. The molecule has 2 fully saturated rings. The van der Waals surface area contributed by atoms with Gasteiger partial charge in [-0.15, -0.1) is 12.4 Å². The molecule has 1 heterocycles. The predicted molar refractivity (Wildman–Crippen MR) is 135 cm³/mol. The van der Waals surface area contributed by atoms with Crippen LogP contribution in [0.25, 0.3) is 0 Å². The number of carbonyl (C=O) groups excluding carboxylic acids is 1. The minimum atomic E-state index is -3.18. The lowest BCUT2D eigenvalue weighted by atomic mass is 9.82. The second-order valence-corrected chi connectivity index (χ2v) is 11.6. The van der Waals surface area contributed by atoms with E-state index in [2.05, 4.69) is 4.90 Å². The van der Waals surface area contributed by atoms with Crippen LogP contribution < -0.4 is 0 Å². The summed E-state index contributed by atoms with van der Waals surface area (Å²) in [6, 6.07) is 4.98. The van der Waals surface area contributed by atoms with Crippen LogP contribution in [0, 0.1) is 0 Å². The van der Waals surface area contributed by atoms with Gasteiger partial charge in [0.1, 0.15) is 6.67 Å². The molecular weight excluding hydrogens is 486 g/mol. The molecule has 1 aliphatic heterocycles. The van der Waals surface area contributed by atoms with Gasteiger partial charge in [0.05, 0.1) is 10.8 Å². The first-order valence-corrected chi connectivity index (χ1v) is 13.9. The lowest BCUT2D eigenvalue weighted by Gasteiger charge is -2.48. The number of ketones is 1. The molecule has 1 aliphatic carbocycles. The number of benzene rings is 1. The summed E-state index contributed by atoms with van der Waals surface area (Å²) in [5.41, 5.74) is 0.670. The first-order valence-electron chi connectivity index (χ1n) is 11.9. The molecule has 3 rings (SSSR count). The van der Waals surface area contributed by atoms with Crippen LogP contribution in [0.3, 0.4) is 0 Å². The smallest absolute Gasteiger partial charge is 0.214 e. The molecule has 0 radical (unpaired) electrons. The summed E-state index contributed by atoms with van der Waals surface area (Å²) in [6.45, 7) is 3.64. The second kappa shape index (κ2) is 12.8. The van der Waals surface area contributed by atoms with Gasteiger partial charge in [0.2, 0.25) is 10.0 Å². The zero-order valence-corrected chi connectivity index (χ0v) is 21.9. The third kappa shape index (κ3) is 6.91. The molecule has 0 aromatic heterocycles. The van der Waals surface area contributed by atoms with Crippen LogP contribution in [0.2, 0.25) is 5.02 Å². The van der Waals surface area contributed by atoms with Crippen molar-refractivity contribution in [3.8, 4) is 0 Å². The van der Waals surface area contributed by atoms with E-state index in [1.807, 2.05) is 6.92 Å². The fourth-order valence-electron chi connectivity index (χ4n) is 5.32. The van der Waals surface area contributed by atoms with Crippen molar-refractivity contribution in [2.75, 3.05) is 31.9 Å². The van der Waals surface area contributed by atoms with Crippen LogP contribution in [-0.2, 0) is 16.7 Å². The Morgan fingerprint density at radius 3 is 2.30 bits per heavy atom. The van der Waals surface area contributed by atoms with Crippen LogP contribution in [0.1, 0.15) is 80.6 Å². The lowest BCUT2D eigenvalue weighted by molar-refractivity contribution is 0.0320. The molecule has 9 heteroatoms. The van der Waals surface area contributed by atoms with Crippen LogP contribution in [0.5, 0.6) is 0 Å². The van der Waals surface area contributed by atoms with Gasteiger partial charge in [-0.3, -0.25) is 9.69 Å². The number of hydrogen-bond acceptors (Lipinski definition) is 4. The summed E-state index contributed by atoms with van der Waals surface area (Å²) in [5.74, 6) is 0.156. The standard InChI is InChI=1S/C24H36ClFN2O3S.ClH/c1-2-18-32(30,31)28-16-14-27(15-17-28)24(11-5-3-4-6-12-24)13-10-22(29)21-9-7-8-20(19-26)23(21)25;/h7-9H,2-6,10-19H2,1H3;1H. The van der Waals surface area contributed by atoms with E-state index in [1.165, 1.54) is 12.8 Å². The Bertz CT molecular complexity index is 882. The first-order chi connectivity index (χ1) is 15.3. The maximum Gasteiger partial charge on any atom is 0.214 e. The number of carbonyl (C=O) groups is 1. The van der Waals surface area contributed by atoms with Crippen molar-refractivity contribution < 1.29 is 17.6 Å². The average molecular weight is 524 g/mol. The second-order valence-electron chi connectivity index (χ2n) is 9.18. The number of hydrogen-bond donors (Lipinski definition) is 0. The third-order valence-electron chi connectivity index (χ3n) is 7.14. The molecule has 0 spiro atoms. The van der Waals surface area contributed by atoms with Crippen molar-refractivity contribution >= 4 is 39.8 Å². The van der Waals surface area contributed by atoms with E-state index in [0.717, 1.165) is 32.1 Å². The van der Waals surface area contributed by atoms with Gasteiger partial charge in [-0.05, 0) is 31.7 Å². The maximum atomic E-state index is 13.2. The van der Waals surface area contributed by atoms with E-state index in [9.17, 15) is 17.6 Å². The van der Waals surface area contributed by atoms with Crippen LogP contribution in [0.15, 0.2) is 18.2 Å². The number of sulfonamides is 1. The molecule has 1 saturated heterocycles. The van der Waals surface area contributed by atoms with E-state index < -0.39 is 16.7 Å². The van der Waals surface area contributed by atoms with Gasteiger partial charge in [0, 0.05) is 49.3 Å². The molecule has 188 valence electrons. The summed E-state index contributed by atoms with van der Waals surface area (Å²) in [6.07, 6.45) is 8.42. The summed E-state index contributed by atoms with van der Waals surface area (Å²) in [4.78, 5) is 15.5. The monoisotopic (exact) mass is 522 g/mol. The van der Waals surface area contributed by atoms with Crippen molar-refractivity contribution in [1.82, 2.24) is 9.21 Å². The Morgan fingerprint density at radius 2 is 1.73 bits per heavy atom. The number of nitrogens with zero attached hydrogens (tertiary/aromatic N) is 2. The first kappa shape index (κ1) is 28.5. The van der Waals surface area contributed by atoms with E-state index in [-0.39, 0.29) is 34.5 Å². The predicted octanol–water partition coefficient (Wildman–Crippen LogP) is 5.64. The molecule has 1 saturated carbocycles. The highest BCUT2D eigenvalue weighted by atomic mass is 35.5. The van der Waals surface area contributed by atoms with E-state index in [0.29, 0.717) is 50.1 Å². The SMILES string of the molecule is CCCS(=O)(=O)N1CCN(C2(CCC(=O)c3cccc(CF)c3Cl)CCCCCC2)CC1.Cl. The fraction of sp³-hybridized carbons (Fsp3) is 0.708. The Kier molecular flexibility index (Phi) is 11.1. The van der Waals surface area contributed by atoms with Crippen molar-refractivity contribution in [2.24, 2.45) is 0 Å². The molecule has 1 aromatic carbocycles. The fourth-order valence-corrected chi connectivity index (χ4v) is 7.09. The van der Waals surface area contributed by atoms with Crippen LogP contribution >= 0.6 is 24.0 Å². The molecule has 33 heavy (non-hydrogen) atoms. The quantitative estimate of drug-likeness (QED) is 0.310. The van der Waals surface area contributed by atoms with E-state index in [4.69, 9.17) is 11.6 Å². The maximum absolute atomic E-state index is 13.2. The van der Waals surface area contributed by atoms with Crippen molar-refractivity contribution in [3.63, 3.8) is 0 Å². The third-order valence-corrected chi connectivity index (χ3v) is 9.66. The molecular formula is C24H37Cl2FN2O3S. The molecule has 0 N–H and O–H groups in total. The lowest BCUT2D eigenvalue weighted by Crippen LogP contribution is -2.58. The number of alkyl halides is 1. The van der Waals surface area contributed by atoms with Crippen molar-refractivity contribution in [1.29, 1.82) is 0 Å². The van der Waals surface area contributed by atoms with Gasteiger partial charge in [-0.25, -0.2) is 12.8 Å². The number of halogens is 3.